The number of nitrogen functional groups attached to an aromatic ring is 1. The molecule has 1 heterocycles. The highest BCUT2D eigenvalue weighted by Gasteiger charge is 2.14. The van der Waals surface area contributed by atoms with E-state index in [2.05, 4.69) is 34.3 Å². The number of rotatable bonds is 6. The Morgan fingerprint density at radius 3 is 2.11 bits per heavy atom. The van der Waals surface area contributed by atoms with Gasteiger partial charge >= 0.3 is 0 Å². The lowest BCUT2D eigenvalue weighted by Gasteiger charge is -2.32. The molecule has 1 amide bonds. The van der Waals surface area contributed by atoms with Crippen LogP contribution in [0.1, 0.15) is 21.5 Å². The molecule has 5 nitrogen and oxygen atoms in total. The average molecular weight is 425 g/mol. The summed E-state index contributed by atoms with van der Waals surface area (Å²) in [5.41, 5.74) is 9.58. The average Bonchev–Trinajstić information content (AvgIpc) is 2.66. The molecule has 1 aliphatic heterocycles. The number of likely N-dealkylation sites (N-methyl/N-ethyl adjacent to an activating group) is 1. The van der Waals surface area contributed by atoms with E-state index in [1.165, 1.54) is 11.1 Å². The molecule has 0 aliphatic carbocycles. The minimum absolute atomic E-state index is 0. The number of carbonyl (C=O) groups is 1. The van der Waals surface area contributed by atoms with Gasteiger partial charge in [0.25, 0.3) is 5.91 Å². The summed E-state index contributed by atoms with van der Waals surface area (Å²) in [4.78, 5) is 17.1. The maximum absolute atomic E-state index is 12.3. The Labute approximate surface area is 180 Å². The summed E-state index contributed by atoms with van der Waals surface area (Å²) < 4.78 is 0. The molecular weight excluding hydrogens is 395 g/mol. The van der Waals surface area contributed by atoms with Crippen molar-refractivity contribution in [2.75, 3.05) is 45.5 Å². The molecule has 3 N–H and O–H groups in total. The predicted molar refractivity (Wildman–Crippen MR) is 121 cm³/mol. The quantitative estimate of drug-likeness (QED) is 0.699. The smallest absolute Gasteiger partial charge is 0.251 e. The molecule has 1 saturated heterocycles. The van der Waals surface area contributed by atoms with Gasteiger partial charge < -0.3 is 16.0 Å². The number of anilines is 1. The van der Waals surface area contributed by atoms with Crippen molar-refractivity contribution in [2.45, 2.75) is 13.0 Å². The first kappa shape index (κ1) is 24.2. The van der Waals surface area contributed by atoms with Crippen LogP contribution in [0, 0.1) is 0 Å². The molecule has 1 aliphatic rings. The minimum Gasteiger partial charge on any atom is -0.399 e. The van der Waals surface area contributed by atoms with E-state index in [1.807, 2.05) is 36.4 Å². The lowest BCUT2D eigenvalue weighted by molar-refractivity contribution is 0.0954. The number of halogens is 2. The summed E-state index contributed by atoms with van der Waals surface area (Å²) in [5.74, 6) is -0.0217. The molecule has 28 heavy (non-hydrogen) atoms. The van der Waals surface area contributed by atoms with Crippen molar-refractivity contribution in [3.63, 3.8) is 0 Å². The van der Waals surface area contributed by atoms with Gasteiger partial charge in [0.05, 0.1) is 0 Å². The molecular formula is C21H30Cl2N4O. The zero-order valence-corrected chi connectivity index (χ0v) is 17.9. The highest BCUT2D eigenvalue weighted by molar-refractivity contribution is 5.94. The molecule has 0 saturated carbocycles. The topological polar surface area (TPSA) is 61.6 Å². The van der Waals surface area contributed by atoms with Gasteiger partial charge in [-0.1, -0.05) is 24.3 Å². The van der Waals surface area contributed by atoms with E-state index < -0.39 is 0 Å². The maximum atomic E-state index is 12.3. The van der Waals surface area contributed by atoms with Crippen molar-refractivity contribution in [3.8, 4) is 0 Å². The van der Waals surface area contributed by atoms with Crippen LogP contribution in [-0.4, -0.2) is 55.5 Å². The van der Waals surface area contributed by atoms with Crippen molar-refractivity contribution in [1.29, 1.82) is 0 Å². The molecule has 7 heteroatoms. The largest absolute Gasteiger partial charge is 0.399 e. The van der Waals surface area contributed by atoms with E-state index in [1.54, 1.807) is 0 Å². The van der Waals surface area contributed by atoms with E-state index in [0.717, 1.165) is 44.8 Å². The molecule has 0 unspecified atom stereocenters. The van der Waals surface area contributed by atoms with Crippen LogP contribution in [0.25, 0.3) is 0 Å². The van der Waals surface area contributed by atoms with E-state index in [4.69, 9.17) is 5.73 Å². The summed E-state index contributed by atoms with van der Waals surface area (Å²) in [5, 5.41) is 2.98. The lowest BCUT2D eigenvalue weighted by Crippen LogP contribution is -2.43. The van der Waals surface area contributed by atoms with E-state index in [9.17, 15) is 4.79 Å². The van der Waals surface area contributed by atoms with Crippen LogP contribution in [0.4, 0.5) is 5.69 Å². The molecule has 0 radical (unpaired) electrons. The van der Waals surface area contributed by atoms with Crippen LogP contribution in [-0.2, 0) is 13.0 Å². The fourth-order valence-corrected chi connectivity index (χ4v) is 3.13. The van der Waals surface area contributed by atoms with Gasteiger partial charge in [-0.25, -0.2) is 0 Å². The number of hydrogen-bond donors (Lipinski definition) is 2. The fourth-order valence-electron chi connectivity index (χ4n) is 3.13. The van der Waals surface area contributed by atoms with Gasteiger partial charge in [-0.05, 0) is 48.9 Å². The van der Waals surface area contributed by atoms with Gasteiger partial charge in [0.15, 0.2) is 0 Å². The van der Waals surface area contributed by atoms with Crippen LogP contribution in [0.15, 0.2) is 48.5 Å². The molecule has 1 fully saturated rings. The lowest BCUT2D eigenvalue weighted by atomic mass is 10.1. The molecule has 0 bridgehead atoms. The standard InChI is InChI=1S/C21H28N4O.2ClH/c1-24-12-14-25(15-13-24)16-18-2-6-19(7-3-18)21(26)23-11-10-17-4-8-20(22)9-5-17;;/h2-9H,10-16,22H2,1H3,(H,23,26);2*1H. The maximum Gasteiger partial charge on any atom is 0.251 e. The molecule has 2 aromatic carbocycles. The second-order valence-corrected chi connectivity index (χ2v) is 7.02. The number of amides is 1. The number of nitrogens with one attached hydrogen (secondary N) is 1. The third kappa shape index (κ3) is 7.32. The van der Waals surface area contributed by atoms with Crippen molar-refractivity contribution < 1.29 is 4.79 Å². The van der Waals surface area contributed by atoms with Crippen molar-refractivity contribution in [2.24, 2.45) is 0 Å². The van der Waals surface area contributed by atoms with E-state index in [-0.39, 0.29) is 30.7 Å². The first-order valence-corrected chi connectivity index (χ1v) is 9.22. The van der Waals surface area contributed by atoms with Crippen LogP contribution in [0.3, 0.4) is 0 Å². The number of carbonyl (C=O) groups excluding carboxylic acids is 1. The Bertz CT molecular complexity index is 714. The Hall–Kier alpha value is -1.79. The SMILES string of the molecule is CN1CCN(Cc2ccc(C(=O)NCCc3ccc(N)cc3)cc2)CC1.Cl.Cl. The number of piperazine rings is 1. The number of hydrogen-bond acceptors (Lipinski definition) is 4. The summed E-state index contributed by atoms with van der Waals surface area (Å²) in [7, 11) is 2.16. The summed E-state index contributed by atoms with van der Waals surface area (Å²) in [6.45, 7) is 6.01. The van der Waals surface area contributed by atoms with Gasteiger partial charge in [-0.2, -0.15) is 0 Å². The van der Waals surface area contributed by atoms with Gasteiger partial charge in [0.2, 0.25) is 0 Å². The first-order chi connectivity index (χ1) is 12.6. The van der Waals surface area contributed by atoms with Gasteiger partial charge in [-0.3, -0.25) is 9.69 Å². The summed E-state index contributed by atoms with van der Waals surface area (Å²) in [6.07, 6.45) is 0.799. The number of nitrogens with two attached hydrogens (primary N) is 1. The van der Waals surface area contributed by atoms with Crippen LogP contribution < -0.4 is 11.1 Å². The van der Waals surface area contributed by atoms with E-state index >= 15 is 0 Å². The van der Waals surface area contributed by atoms with Crippen molar-refractivity contribution in [1.82, 2.24) is 15.1 Å². The number of benzene rings is 2. The zero-order chi connectivity index (χ0) is 18.4. The first-order valence-electron chi connectivity index (χ1n) is 9.22. The monoisotopic (exact) mass is 424 g/mol. The second-order valence-electron chi connectivity index (χ2n) is 7.02. The highest BCUT2D eigenvalue weighted by Crippen LogP contribution is 2.10. The van der Waals surface area contributed by atoms with Crippen molar-refractivity contribution in [3.05, 3.63) is 65.2 Å². The van der Waals surface area contributed by atoms with Crippen LogP contribution in [0.5, 0.6) is 0 Å². The predicted octanol–water partition coefficient (Wildman–Crippen LogP) is 2.83. The minimum atomic E-state index is -0.0217. The Balaban J connectivity index is 0.00000196. The van der Waals surface area contributed by atoms with Gasteiger partial charge in [-0.15, -0.1) is 24.8 Å². The highest BCUT2D eigenvalue weighted by atomic mass is 35.5. The third-order valence-corrected chi connectivity index (χ3v) is 4.90. The molecule has 0 atom stereocenters. The molecule has 3 rings (SSSR count). The Morgan fingerprint density at radius 1 is 0.929 bits per heavy atom. The summed E-state index contributed by atoms with van der Waals surface area (Å²) in [6, 6.07) is 15.7. The van der Waals surface area contributed by atoms with Crippen molar-refractivity contribution >= 4 is 36.4 Å². The zero-order valence-electron chi connectivity index (χ0n) is 16.3. The fraction of sp³-hybridized carbons (Fsp3) is 0.381. The van der Waals surface area contributed by atoms with E-state index in [0.29, 0.717) is 12.1 Å². The third-order valence-electron chi connectivity index (χ3n) is 4.90. The molecule has 0 spiro atoms. The van der Waals surface area contributed by atoms with Crippen LogP contribution in [0.2, 0.25) is 0 Å². The molecule has 2 aromatic rings. The van der Waals surface area contributed by atoms with Crippen LogP contribution >= 0.6 is 24.8 Å². The summed E-state index contributed by atoms with van der Waals surface area (Å²) >= 11 is 0. The Morgan fingerprint density at radius 2 is 1.50 bits per heavy atom. The molecule has 0 aromatic heterocycles. The normalized spacial score (nSPS) is 14.6. The Kier molecular flexibility index (Phi) is 10.3. The second kappa shape index (κ2) is 11.9. The number of nitrogens with zero attached hydrogens (tertiary/aromatic N) is 2. The molecule has 154 valence electrons. The van der Waals surface area contributed by atoms with Gasteiger partial charge in [0, 0.05) is 50.5 Å². The van der Waals surface area contributed by atoms with Gasteiger partial charge in [0.1, 0.15) is 0 Å².